The van der Waals surface area contributed by atoms with Gasteiger partial charge in [-0.05, 0) is 36.6 Å². The predicted octanol–water partition coefficient (Wildman–Crippen LogP) is 2.40. The van der Waals surface area contributed by atoms with Crippen LogP contribution in [0.15, 0.2) is 24.3 Å². The zero-order valence-electron chi connectivity index (χ0n) is 9.74. The maximum Gasteiger partial charge on any atom is 0.246 e. The molecule has 0 aliphatic rings. The van der Waals surface area contributed by atoms with Gasteiger partial charge in [-0.3, -0.25) is 4.79 Å². The smallest absolute Gasteiger partial charge is 0.246 e. The third kappa shape index (κ3) is 2.94. The molecule has 0 radical (unpaired) electrons. The second-order valence-electron chi connectivity index (χ2n) is 3.87. The first-order valence-corrected chi connectivity index (χ1v) is 4.98. The highest BCUT2D eigenvalue weighted by atomic mass is 16.2. The molecule has 1 amide bonds. The van der Waals surface area contributed by atoms with Crippen LogP contribution in [0.3, 0.4) is 0 Å². The minimum atomic E-state index is 0.0117. The molecular formula is C13H17NO. The normalized spacial score (nSPS) is 10.7. The average molecular weight is 203 g/mol. The van der Waals surface area contributed by atoms with E-state index in [1.807, 2.05) is 38.1 Å². The van der Waals surface area contributed by atoms with Crippen LogP contribution in [0.2, 0.25) is 0 Å². The largest absolute Gasteiger partial charge is 0.345 e. The first-order valence-electron chi connectivity index (χ1n) is 4.98. The van der Waals surface area contributed by atoms with E-state index in [0.717, 1.165) is 5.56 Å². The number of hydrogen-bond donors (Lipinski definition) is 0. The molecule has 0 atom stereocenters. The highest BCUT2D eigenvalue weighted by molar-refractivity contribution is 5.91. The summed E-state index contributed by atoms with van der Waals surface area (Å²) in [7, 11) is 3.49. The number of amides is 1. The molecule has 0 unspecified atom stereocenters. The van der Waals surface area contributed by atoms with Crippen molar-refractivity contribution in [2.24, 2.45) is 0 Å². The van der Waals surface area contributed by atoms with Crippen molar-refractivity contribution in [2.75, 3.05) is 14.1 Å². The van der Waals surface area contributed by atoms with Crippen LogP contribution in [0.5, 0.6) is 0 Å². The van der Waals surface area contributed by atoms with E-state index < -0.39 is 0 Å². The Labute approximate surface area is 91.2 Å². The molecule has 0 aliphatic heterocycles. The van der Waals surface area contributed by atoms with E-state index in [4.69, 9.17) is 0 Å². The van der Waals surface area contributed by atoms with Crippen molar-refractivity contribution < 1.29 is 4.79 Å². The highest BCUT2D eigenvalue weighted by Crippen LogP contribution is 2.14. The summed E-state index contributed by atoms with van der Waals surface area (Å²) >= 11 is 0. The maximum atomic E-state index is 11.4. The number of aryl methyl sites for hydroxylation is 2. The van der Waals surface area contributed by atoms with Gasteiger partial charge in [0.1, 0.15) is 0 Å². The number of benzene rings is 1. The molecule has 1 rings (SSSR count). The van der Waals surface area contributed by atoms with Gasteiger partial charge in [-0.2, -0.15) is 0 Å². The number of rotatable bonds is 2. The van der Waals surface area contributed by atoms with E-state index in [0.29, 0.717) is 0 Å². The second kappa shape index (κ2) is 4.78. The molecule has 0 aromatic heterocycles. The molecule has 2 heteroatoms. The van der Waals surface area contributed by atoms with Crippen LogP contribution in [0.25, 0.3) is 6.08 Å². The molecule has 80 valence electrons. The summed E-state index contributed by atoms with van der Waals surface area (Å²) in [6, 6.07) is 6.12. The number of carbonyl (C=O) groups excluding carboxylic acids is 1. The van der Waals surface area contributed by atoms with Crippen LogP contribution in [0.1, 0.15) is 16.7 Å². The highest BCUT2D eigenvalue weighted by Gasteiger charge is 2.00. The Balaban J connectivity index is 2.94. The molecule has 0 spiro atoms. The summed E-state index contributed by atoms with van der Waals surface area (Å²) in [4.78, 5) is 12.9. The van der Waals surface area contributed by atoms with Crippen LogP contribution in [0, 0.1) is 13.8 Å². The van der Waals surface area contributed by atoms with Gasteiger partial charge in [0.05, 0.1) is 0 Å². The van der Waals surface area contributed by atoms with E-state index in [2.05, 4.69) is 0 Å². The van der Waals surface area contributed by atoms with Gasteiger partial charge in [-0.15, -0.1) is 0 Å². The van der Waals surface area contributed by atoms with Gasteiger partial charge in [0.2, 0.25) is 5.91 Å². The fourth-order valence-corrected chi connectivity index (χ4v) is 1.39. The van der Waals surface area contributed by atoms with Crippen LogP contribution in [-0.4, -0.2) is 24.9 Å². The molecule has 0 aliphatic carbocycles. The number of hydrogen-bond acceptors (Lipinski definition) is 1. The Morgan fingerprint density at radius 2 is 1.73 bits per heavy atom. The summed E-state index contributed by atoms with van der Waals surface area (Å²) in [5.41, 5.74) is 3.52. The predicted molar refractivity (Wildman–Crippen MR) is 63.6 cm³/mol. The van der Waals surface area contributed by atoms with E-state index in [1.54, 1.807) is 25.1 Å². The number of nitrogens with zero attached hydrogens (tertiary/aromatic N) is 1. The molecule has 1 aromatic carbocycles. The summed E-state index contributed by atoms with van der Waals surface area (Å²) in [5, 5.41) is 0. The molecule has 0 fully saturated rings. The monoisotopic (exact) mass is 203 g/mol. The van der Waals surface area contributed by atoms with Crippen molar-refractivity contribution in [1.82, 2.24) is 4.90 Å². The standard InChI is InChI=1S/C13H17NO/c1-10-6-5-7-11(2)12(10)8-9-13(15)14(3)4/h5-9H,1-4H3/b9-8+. The van der Waals surface area contributed by atoms with Crippen LogP contribution in [-0.2, 0) is 4.79 Å². The quantitative estimate of drug-likeness (QED) is 0.676. The minimum Gasteiger partial charge on any atom is -0.345 e. The Hall–Kier alpha value is -1.57. The molecule has 1 aromatic rings. The molecule has 0 heterocycles. The van der Waals surface area contributed by atoms with Gasteiger partial charge in [0.15, 0.2) is 0 Å². The van der Waals surface area contributed by atoms with Crippen molar-refractivity contribution in [2.45, 2.75) is 13.8 Å². The first kappa shape index (κ1) is 11.5. The minimum absolute atomic E-state index is 0.0117. The Morgan fingerprint density at radius 1 is 1.20 bits per heavy atom. The summed E-state index contributed by atoms with van der Waals surface area (Å²) in [5.74, 6) is 0.0117. The zero-order valence-corrected chi connectivity index (χ0v) is 9.74. The molecule has 0 N–H and O–H groups in total. The van der Waals surface area contributed by atoms with Crippen molar-refractivity contribution in [3.63, 3.8) is 0 Å². The third-order valence-electron chi connectivity index (χ3n) is 2.38. The van der Waals surface area contributed by atoms with Crippen molar-refractivity contribution >= 4 is 12.0 Å². The van der Waals surface area contributed by atoms with E-state index in [-0.39, 0.29) is 5.91 Å². The summed E-state index contributed by atoms with van der Waals surface area (Å²) in [6.07, 6.45) is 3.49. The van der Waals surface area contributed by atoms with E-state index in [1.165, 1.54) is 11.1 Å². The van der Waals surface area contributed by atoms with Gasteiger partial charge < -0.3 is 4.90 Å². The van der Waals surface area contributed by atoms with E-state index >= 15 is 0 Å². The van der Waals surface area contributed by atoms with Gasteiger partial charge in [-0.25, -0.2) is 0 Å². The van der Waals surface area contributed by atoms with Gasteiger partial charge >= 0.3 is 0 Å². The van der Waals surface area contributed by atoms with Crippen molar-refractivity contribution in [3.8, 4) is 0 Å². The lowest BCUT2D eigenvalue weighted by Gasteiger charge is -2.07. The van der Waals surface area contributed by atoms with Gasteiger partial charge in [-0.1, -0.05) is 18.2 Å². The van der Waals surface area contributed by atoms with E-state index in [9.17, 15) is 4.79 Å². The molecule has 15 heavy (non-hydrogen) atoms. The van der Waals surface area contributed by atoms with Crippen LogP contribution in [0.4, 0.5) is 0 Å². The Kier molecular flexibility index (Phi) is 3.67. The van der Waals surface area contributed by atoms with Gasteiger partial charge in [0, 0.05) is 20.2 Å². The number of carbonyl (C=O) groups is 1. The second-order valence-corrected chi connectivity index (χ2v) is 3.87. The maximum absolute atomic E-state index is 11.4. The Morgan fingerprint density at radius 3 is 2.20 bits per heavy atom. The van der Waals surface area contributed by atoms with Crippen molar-refractivity contribution in [3.05, 3.63) is 41.0 Å². The summed E-state index contributed by atoms with van der Waals surface area (Å²) < 4.78 is 0. The lowest BCUT2D eigenvalue weighted by molar-refractivity contribution is -0.123. The molecular weight excluding hydrogens is 186 g/mol. The molecule has 2 nitrogen and oxygen atoms in total. The van der Waals surface area contributed by atoms with Gasteiger partial charge in [0.25, 0.3) is 0 Å². The topological polar surface area (TPSA) is 20.3 Å². The Bertz CT molecular complexity index is 371. The SMILES string of the molecule is Cc1cccc(C)c1/C=C/C(=O)N(C)C. The third-order valence-corrected chi connectivity index (χ3v) is 2.38. The fraction of sp³-hybridized carbons (Fsp3) is 0.308. The van der Waals surface area contributed by atoms with Crippen molar-refractivity contribution in [1.29, 1.82) is 0 Å². The van der Waals surface area contributed by atoms with Crippen LogP contribution >= 0.6 is 0 Å². The molecule has 0 saturated carbocycles. The lowest BCUT2D eigenvalue weighted by Crippen LogP contribution is -2.18. The number of likely N-dealkylation sites (N-methyl/N-ethyl adjacent to an activating group) is 1. The first-order chi connectivity index (χ1) is 7.02. The fourth-order valence-electron chi connectivity index (χ4n) is 1.39. The lowest BCUT2D eigenvalue weighted by atomic mass is 10.0. The average Bonchev–Trinajstić information content (AvgIpc) is 2.16. The molecule has 0 bridgehead atoms. The van der Waals surface area contributed by atoms with Crippen LogP contribution < -0.4 is 0 Å². The molecule has 0 saturated heterocycles. The zero-order chi connectivity index (χ0) is 11.4. The summed E-state index contributed by atoms with van der Waals surface area (Å²) in [6.45, 7) is 4.10.